The van der Waals surface area contributed by atoms with Crippen LogP contribution in [0.4, 0.5) is 44.1 Å². The molecule has 49 heavy (non-hydrogen) atoms. The van der Waals surface area contributed by atoms with E-state index in [9.17, 15) is 31.4 Å². The van der Waals surface area contributed by atoms with Gasteiger partial charge in [-0.05, 0) is 55.9 Å². The van der Waals surface area contributed by atoms with Crippen LogP contribution in [0.3, 0.4) is 0 Å². The van der Waals surface area contributed by atoms with Crippen LogP contribution in [-0.2, 0) is 32.6 Å². The molecule has 1 unspecified atom stereocenters. The summed E-state index contributed by atoms with van der Waals surface area (Å²) in [7, 11) is 1.76. The summed E-state index contributed by atoms with van der Waals surface area (Å²) in [5.41, 5.74) is -1.04. The van der Waals surface area contributed by atoms with Gasteiger partial charge >= 0.3 is 12.4 Å². The van der Waals surface area contributed by atoms with E-state index in [0.29, 0.717) is 42.3 Å². The fourth-order valence-corrected chi connectivity index (χ4v) is 6.62. The first-order valence-corrected chi connectivity index (χ1v) is 16.2. The van der Waals surface area contributed by atoms with Gasteiger partial charge in [0.2, 0.25) is 11.9 Å². The molecular formula is C33H37F6N9O. The second-order valence-corrected chi connectivity index (χ2v) is 12.5. The molecule has 6 rings (SSSR count). The predicted molar refractivity (Wildman–Crippen MR) is 171 cm³/mol. The molecule has 3 aromatic heterocycles. The SMILES string of the molecule is CCC1C[C@H](N(Cc2cc(C(F)(F)F)cc(C(F)(F)F)c2)c2ncc(-c3cnn(C)c3)cn2)CN1c1nc(N2CCCCC2)ncc1CO. The summed E-state index contributed by atoms with van der Waals surface area (Å²) in [5, 5.41) is 14.4. The van der Waals surface area contributed by atoms with Crippen molar-refractivity contribution in [2.45, 2.75) is 76.6 Å². The lowest BCUT2D eigenvalue weighted by molar-refractivity contribution is -0.143. The molecule has 0 saturated carbocycles. The number of benzene rings is 1. The molecule has 2 saturated heterocycles. The Bertz CT molecular complexity index is 1710. The Morgan fingerprint density at radius 3 is 2.12 bits per heavy atom. The van der Waals surface area contributed by atoms with Gasteiger partial charge in [0.1, 0.15) is 5.82 Å². The van der Waals surface area contributed by atoms with Crippen LogP contribution < -0.4 is 14.7 Å². The third-order valence-corrected chi connectivity index (χ3v) is 9.15. The molecule has 2 fully saturated rings. The number of rotatable bonds is 9. The van der Waals surface area contributed by atoms with Crippen LogP contribution in [0.2, 0.25) is 0 Å². The third-order valence-electron chi connectivity index (χ3n) is 9.15. The molecule has 2 aliphatic rings. The van der Waals surface area contributed by atoms with Crippen LogP contribution in [0.25, 0.3) is 11.1 Å². The highest BCUT2D eigenvalue weighted by molar-refractivity contribution is 5.60. The zero-order chi connectivity index (χ0) is 34.9. The van der Waals surface area contributed by atoms with E-state index in [1.165, 1.54) is 0 Å². The molecule has 2 atom stereocenters. The Morgan fingerprint density at radius 2 is 1.55 bits per heavy atom. The fourth-order valence-electron chi connectivity index (χ4n) is 6.62. The maximum absolute atomic E-state index is 13.8. The van der Waals surface area contributed by atoms with Gasteiger partial charge in [-0.1, -0.05) is 6.92 Å². The van der Waals surface area contributed by atoms with Gasteiger partial charge in [0.05, 0.1) is 30.0 Å². The molecule has 0 bridgehead atoms. The smallest absolute Gasteiger partial charge is 0.391 e. The largest absolute Gasteiger partial charge is 0.416 e. The summed E-state index contributed by atoms with van der Waals surface area (Å²) >= 11 is 0. The Kier molecular flexibility index (Phi) is 9.69. The number of aryl methyl sites for hydroxylation is 1. The molecule has 5 heterocycles. The summed E-state index contributed by atoms with van der Waals surface area (Å²) < 4.78 is 84.6. The van der Waals surface area contributed by atoms with Gasteiger partial charge in [-0.15, -0.1) is 0 Å². The molecule has 0 aliphatic carbocycles. The Labute approximate surface area is 279 Å². The van der Waals surface area contributed by atoms with Gasteiger partial charge in [-0.2, -0.15) is 36.4 Å². The van der Waals surface area contributed by atoms with Gasteiger partial charge in [0.25, 0.3) is 0 Å². The fraction of sp³-hybridized carbons (Fsp3) is 0.485. The van der Waals surface area contributed by atoms with Crippen molar-refractivity contribution in [1.82, 2.24) is 29.7 Å². The van der Waals surface area contributed by atoms with Crippen LogP contribution in [0.5, 0.6) is 0 Å². The molecule has 16 heteroatoms. The molecule has 1 N–H and O–H groups in total. The van der Waals surface area contributed by atoms with Gasteiger partial charge < -0.3 is 19.8 Å². The zero-order valence-electron chi connectivity index (χ0n) is 27.1. The summed E-state index contributed by atoms with van der Waals surface area (Å²) in [4.78, 5) is 24.3. The van der Waals surface area contributed by atoms with E-state index in [2.05, 4.69) is 29.9 Å². The molecule has 4 aromatic rings. The maximum atomic E-state index is 13.8. The molecular weight excluding hydrogens is 652 g/mol. The lowest BCUT2D eigenvalue weighted by Crippen LogP contribution is -2.39. The van der Waals surface area contributed by atoms with Crippen molar-refractivity contribution in [3.63, 3.8) is 0 Å². The van der Waals surface area contributed by atoms with E-state index < -0.39 is 29.5 Å². The second kappa shape index (κ2) is 13.8. The number of nitrogens with zero attached hydrogens (tertiary/aromatic N) is 9. The van der Waals surface area contributed by atoms with Crippen LogP contribution in [-0.4, -0.2) is 66.5 Å². The van der Waals surface area contributed by atoms with Crippen molar-refractivity contribution in [1.29, 1.82) is 0 Å². The minimum absolute atomic E-state index is 0.108. The molecule has 2 aliphatic heterocycles. The Morgan fingerprint density at radius 1 is 0.878 bits per heavy atom. The number of aromatic nitrogens is 6. The van der Waals surface area contributed by atoms with E-state index in [4.69, 9.17) is 4.98 Å². The predicted octanol–water partition coefficient (Wildman–Crippen LogP) is 6.25. The van der Waals surface area contributed by atoms with Crippen molar-refractivity contribution in [3.8, 4) is 11.1 Å². The van der Waals surface area contributed by atoms with Crippen molar-refractivity contribution < 1.29 is 31.4 Å². The van der Waals surface area contributed by atoms with E-state index in [-0.39, 0.29) is 36.8 Å². The van der Waals surface area contributed by atoms with Crippen LogP contribution >= 0.6 is 0 Å². The first-order valence-electron chi connectivity index (χ1n) is 16.2. The van der Waals surface area contributed by atoms with E-state index in [1.54, 1.807) is 47.6 Å². The Hall–Kier alpha value is -4.47. The second-order valence-electron chi connectivity index (χ2n) is 12.5. The van der Waals surface area contributed by atoms with Crippen LogP contribution in [0.15, 0.2) is 49.2 Å². The van der Waals surface area contributed by atoms with E-state index in [1.807, 2.05) is 6.92 Å². The highest BCUT2D eigenvalue weighted by atomic mass is 19.4. The number of piperidine rings is 1. The van der Waals surface area contributed by atoms with E-state index in [0.717, 1.165) is 50.0 Å². The standard InChI is InChI=1S/C33H37F6N9O/c1-3-27-12-28(19-47(27)29-24(20-49)15-42-31(44-29)46-7-5-4-6-8-46)48(30-40-13-22(14-41-30)23-16-43-45(2)18-23)17-21-9-25(32(34,35)36)11-26(10-21)33(37,38)39/h9-11,13-16,18,27-28,49H,3-8,12,17,19-20H2,1-2H3/t27?,28-/m0/s1. The maximum Gasteiger partial charge on any atom is 0.416 e. The summed E-state index contributed by atoms with van der Waals surface area (Å²) in [6, 6.07) is 1.08. The first-order chi connectivity index (χ1) is 23.3. The van der Waals surface area contributed by atoms with Crippen molar-refractivity contribution in [2.24, 2.45) is 7.05 Å². The number of aliphatic hydroxyl groups excluding tert-OH is 1. The number of hydrogen-bond acceptors (Lipinski definition) is 9. The summed E-state index contributed by atoms with van der Waals surface area (Å²) in [6.45, 7) is 3.31. The average molecular weight is 690 g/mol. The minimum Gasteiger partial charge on any atom is -0.391 e. The number of halogens is 6. The zero-order valence-corrected chi connectivity index (χ0v) is 27.1. The monoisotopic (exact) mass is 689 g/mol. The summed E-state index contributed by atoms with van der Waals surface area (Å²) in [5.74, 6) is 1.26. The van der Waals surface area contributed by atoms with Crippen molar-refractivity contribution in [2.75, 3.05) is 34.3 Å². The number of alkyl halides is 6. The summed E-state index contributed by atoms with van der Waals surface area (Å²) in [6.07, 6.45) is 2.49. The molecule has 262 valence electrons. The normalized spacial score (nSPS) is 18.7. The van der Waals surface area contributed by atoms with Gasteiger partial charge in [-0.25, -0.2) is 15.0 Å². The molecule has 0 spiro atoms. The molecule has 0 radical (unpaired) electrons. The van der Waals surface area contributed by atoms with Crippen molar-refractivity contribution >= 4 is 17.7 Å². The number of aliphatic hydroxyl groups is 1. The molecule has 10 nitrogen and oxygen atoms in total. The Balaban J connectivity index is 1.39. The van der Waals surface area contributed by atoms with Gasteiger partial charge in [-0.3, -0.25) is 4.68 Å². The average Bonchev–Trinajstić information content (AvgIpc) is 3.73. The van der Waals surface area contributed by atoms with E-state index >= 15 is 0 Å². The topological polar surface area (TPSA) is 99.3 Å². The molecule has 1 aromatic carbocycles. The van der Waals surface area contributed by atoms with Gasteiger partial charge in [0, 0.05) is 80.7 Å². The lowest BCUT2D eigenvalue weighted by atomic mass is 10.0. The first kappa shape index (κ1) is 34.4. The lowest BCUT2D eigenvalue weighted by Gasteiger charge is -2.31. The highest BCUT2D eigenvalue weighted by Crippen LogP contribution is 2.38. The third kappa shape index (κ3) is 7.58. The van der Waals surface area contributed by atoms with Crippen LogP contribution in [0.1, 0.15) is 61.3 Å². The molecule has 0 amide bonds. The number of anilines is 3. The van der Waals surface area contributed by atoms with Gasteiger partial charge in [0.15, 0.2) is 0 Å². The number of hydrogen-bond donors (Lipinski definition) is 1. The van der Waals surface area contributed by atoms with Crippen molar-refractivity contribution in [3.05, 3.63) is 71.4 Å². The quantitative estimate of drug-likeness (QED) is 0.205. The highest BCUT2D eigenvalue weighted by Gasteiger charge is 2.40. The minimum atomic E-state index is -4.99. The van der Waals surface area contributed by atoms with Crippen LogP contribution in [0, 0.1) is 0 Å².